The van der Waals surface area contributed by atoms with E-state index in [1.54, 1.807) is 14.2 Å². The molecule has 0 atom stereocenters. The van der Waals surface area contributed by atoms with Gasteiger partial charge in [0.15, 0.2) is 0 Å². The van der Waals surface area contributed by atoms with Gasteiger partial charge >= 0.3 is 0 Å². The zero-order chi connectivity index (χ0) is 17.9. The second-order valence-corrected chi connectivity index (χ2v) is 6.92. The average molecular weight is 446 g/mol. The topological polar surface area (TPSA) is 38.7 Å². The van der Waals surface area contributed by atoms with Crippen LogP contribution >= 0.6 is 22.6 Å². The van der Waals surface area contributed by atoms with Crippen LogP contribution in [0.15, 0.2) is 72.8 Å². The molecule has 1 N–H and O–H groups in total. The smallest absolute Gasteiger partial charge is 0.140 e. The monoisotopic (exact) mass is 446 g/mol. The second-order valence-electron chi connectivity index (χ2n) is 5.67. The lowest BCUT2D eigenvalue weighted by atomic mass is 9.80. The lowest BCUT2D eigenvalue weighted by Gasteiger charge is -2.30. The second kappa shape index (κ2) is 7.45. The summed E-state index contributed by atoms with van der Waals surface area (Å²) in [4.78, 5) is 0. The highest BCUT2D eigenvalue weighted by Crippen LogP contribution is 2.38. The van der Waals surface area contributed by atoms with E-state index in [1.165, 1.54) is 0 Å². The Morgan fingerprint density at radius 3 is 1.28 bits per heavy atom. The molecule has 0 saturated carbocycles. The highest BCUT2D eigenvalue weighted by molar-refractivity contribution is 14.1. The summed E-state index contributed by atoms with van der Waals surface area (Å²) in [5.41, 5.74) is 1.10. The normalized spacial score (nSPS) is 11.2. The van der Waals surface area contributed by atoms with Crippen molar-refractivity contribution >= 4 is 22.6 Å². The molecule has 0 aromatic heterocycles. The van der Waals surface area contributed by atoms with Gasteiger partial charge < -0.3 is 14.6 Å². The van der Waals surface area contributed by atoms with Crippen LogP contribution in [0.5, 0.6) is 11.5 Å². The molecular formula is C21H19IO3. The minimum absolute atomic E-state index is 0.753. The van der Waals surface area contributed by atoms with Gasteiger partial charge in [-0.3, -0.25) is 0 Å². The Kier molecular flexibility index (Phi) is 5.30. The first kappa shape index (κ1) is 17.8. The van der Waals surface area contributed by atoms with E-state index in [1.807, 2.05) is 72.8 Å². The fourth-order valence-corrected chi connectivity index (χ4v) is 3.22. The molecule has 0 aliphatic carbocycles. The third-order valence-electron chi connectivity index (χ3n) is 4.28. The first-order valence-electron chi connectivity index (χ1n) is 7.85. The maximum absolute atomic E-state index is 11.8. The standard InChI is InChI=1S/C21H19IO3/c1-24-19-11-5-16(6-12-19)21(23,15-3-9-18(22)10-4-15)17-7-13-20(25-2)14-8-17/h3-14,23H,1-2H3. The Bertz CT molecular complexity index is 777. The third-order valence-corrected chi connectivity index (χ3v) is 5.00. The average Bonchev–Trinajstić information content (AvgIpc) is 2.68. The molecule has 4 heteroatoms. The van der Waals surface area contributed by atoms with Crippen molar-refractivity contribution < 1.29 is 14.6 Å². The summed E-state index contributed by atoms with van der Waals surface area (Å²) < 4.78 is 11.6. The first-order chi connectivity index (χ1) is 12.1. The van der Waals surface area contributed by atoms with Crippen molar-refractivity contribution in [2.45, 2.75) is 5.60 Å². The van der Waals surface area contributed by atoms with E-state index in [9.17, 15) is 5.11 Å². The molecule has 0 aliphatic heterocycles. The summed E-state index contributed by atoms with van der Waals surface area (Å²) in [6.07, 6.45) is 0. The van der Waals surface area contributed by atoms with Crippen LogP contribution in [0.25, 0.3) is 0 Å². The Balaban J connectivity index is 2.16. The molecule has 0 unspecified atom stereocenters. The number of ether oxygens (including phenoxy) is 2. The Labute approximate surface area is 161 Å². The van der Waals surface area contributed by atoms with E-state index in [0.717, 1.165) is 31.8 Å². The zero-order valence-corrected chi connectivity index (χ0v) is 16.2. The van der Waals surface area contributed by atoms with Crippen LogP contribution in [-0.4, -0.2) is 19.3 Å². The SMILES string of the molecule is COc1ccc(C(O)(c2ccc(I)cc2)c2ccc(OC)cc2)cc1. The van der Waals surface area contributed by atoms with E-state index < -0.39 is 5.60 Å². The van der Waals surface area contributed by atoms with E-state index in [4.69, 9.17) is 9.47 Å². The fraction of sp³-hybridized carbons (Fsp3) is 0.143. The number of hydrogen-bond acceptors (Lipinski definition) is 3. The number of halogens is 1. The lowest BCUT2D eigenvalue weighted by Crippen LogP contribution is -2.28. The molecule has 0 radical (unpaired) electrons. The van der Waals surface area contributed by atoms with Gasteiger partial charge in [-0.2, -0.15) is 0 Å². The molecule has 128 valence electrons. The van der Waals surface area contributed by atoms with Gasteiger partial charge in [0, 0.05) is 3.57 Å². The molecular weight excluding hydrogens is 427 g/mol. The quantitative estimate of drug-likeness (QED) is 0.460. The number of methoxy groups -OCH3 is 2. The molecule has 0 saturated heterocycles. The maximum Gasteiger partial charge on any atom is 0.140 e. The molecule has 3 nitrogen and oxygen atoms in total. The zero-order valence-electron chi connectivity index (χ0n) is 14.1. The summed E-state index contributed by atoms with van der Waals surface area (Å²) >= 11 is 2.26. The molecule has 0 amide bonds. The molecule has 25 heavy (non-hydrogen) atoms. The number of benzene rings is 3. The molecule has 0 spiro atoms. The van der Waals surface area contributed by atoms with Gasteiger partial charge in [-0.15, -0.1) is 0 Å². The van der Waals surface area contributed by atoms with Gasteiger partial charge in [-0.1, -0.05) is 36.4 Å². The first-order valence-corrected chi connectivity index (χ1v) is 8.93. The molecule has 0 aliphatic rings. The minimum atomic E-state index is -1.26. The van der Waals surface area contributed by atoms with Crippen molar-refractivity contribution in [2.75, 3.05) is 14.2 Å². The molecule has 3 rings (SSSR count). The summed E-state index contributed by atoms with van der Waals surface area (Å²) in [7, 11) is 3.26. The van der Waals surface area contributed by atoms with Crippen molar-refractivity contribution in [3.63, 3.8) is 0 Å². The summed E-state index contributed by atoms with van der Waals surface area (Å²) in [6, 6.07) is 22.9. The Morgan fingerprint density at radius 2 is 0.960 bits per heavy atom. The number of rotatable bonds is 5. The lowest BCUT2D eigenvalue weighted by molar-refractivity contribution is 0.125. The van der Waals surface area contributed by atoms with Crippen LogP contribution in [0.2, 0.25) is 0 Å². The maximum atomic E-state index is 11.8. The molecule has 0 heterocycles. The third kappa shape index (κ3) is 3.50. The largest absolute Gasteiger partial charge is 0.497 e. The van der Waals surface area contributed by atoms with E-state index in [2.05, 4.69) is 22.6 Å². The fourth-order valence-electron chi connectivity index (χ4n) is 2.86. The van der Waals surface area contributed by atoms with Gasteiger partial charge in [0.25, 0.3) is 0 Å². The van der Waals surface area contributed by atoms with Crippen LogP contribution in [0.4, 0.5) is 0 Å². The van der Waals surface area contributed by atoms with Crippen molar-refractivity contribution in [3.05, 3.63) is 93.1 Å². The van der Waals surface area contributed by atoms with Gasteiger partial charge in [-0.25, -0.2) is 0 Å². The van der Waals surface area contributed by atoms with Crippen molar-refractivity contribution in [1.82, 2.24) is 0 Å². The van der Waals surface area contributed by atoms with Crippen LogP contribution in [-0.2, 0) is 5.60 Å². The van der Waals surface area contributed by atoms with Gasteiger partial charge in [0.2, 0.25) is 0 Å². The van der Waals surface area contributed by atoms with Crippen LogP contribution in [0, 0.1) is 3.57 Å². The van der Waals surface area contributed by atoms with E-state index in [-0.39, 0.29) is 0 Å². The molecule has 3 aromatic rings. The van der Waals surface area contributed by atoms with Gasteiger partial charge in [0.05, 0.1) is 14.2 Å². The Morgan fingerprint density at radius 1 is 0.640 bits per heavy atom. The van der Waals surface area contributed by atoms with Crippen molar-refractivity contribution in [2.24, 2.45) is 0 Å². The Hall–Kier alpha value is -2.05. The number of hydrogen-bond donors (Lipinski definition) is 1. The molecule has 0 fully saturated rings. The number of aliphatic hydroxyl groups is 1. The van der Waals surface area contributed by atoms with Crippen LogP contribution in [0.1, 0.15) is 16.7 Å². The summed E-state index contributed by atoms with van der Waals surface area (Å²) in [5, 5.41) is 11.8. The van der Waals surface area contributed by atoms with Crippen LogP contribution in [0.3, 0.4) is 0 Å². The predicted molar refractivity (Wildman–Crippen MR) is 107 cm³/mol. The van der Waals surface area contributed by atoms with Gasteiger partial charge in [-0.05, 0) is 75.7 Å². The van der Waals surface area contributed by atoms with E-state index >= 15 is 0 Å². The summed E-state index contributed by atoms with van der Waals surface area (Å²) in [5.74, 6) is 1.51. The van der Waals surface area contributed by atoms with Gasteiger partial charge in [0.1, 0.15) is 17.1 Å². The highest BCUT2D eigenvalue weighted by atomic mass is 127. The molecule has 0 bridgehead atoms. The highest BCUT2D eigenvalue weighted by Gasteiger charge is 2.33. The molecule has 3 aromatic carbocycles. The predicted octanol–water partition coefficient (Wildman–Crippen LogP) is 4.59. The van der Waals surface area contributed by atoms with Crippen LogP contribution < -0.4 is 9.47 Å². The van der Waals surface area contributed by atoms with E-state index in [0.29, 0.717) is 0 Å². The van der Waals surface area contributed by atoms with Crippen molar-refractivity contribution in [1.29, 1.82) is 0 Å². The minimum Gasteiger partial charge on any atom is -0.497 e. The van der Waals surface area contributed by atoms with Crippen molar-refractivity contribution in [3.8, 4) is 11.5 Å². The summed E-state index contributed by atoms with van der Waals surface area (Å²) in [6.45, 7) is 0.